The summed E-state index contributed by atoms with van der Waals surface area (Å²) in [5, 5.41) is 3.25. The van der Waals surface area contributed by atoms with Crippen molar-refractivity contribution in [3.8, 4) is 5.75 Å². The Balaban J connectivity index is 1.58. The smallest absolute Gasteiger partial charge is 0.264 e. The third-order valence-electron chi connectivity index (χ3n) is 8.94. The van der Waals surface area contributed by atoms with Crippen LogP contribution in [-0.4, -0.2) is 50.9 Å². The van der Waals surface area contributed by atoms with Crippen molar-refractivity contribution in [3.05, 3.63) is 125 Å². The summed E-state index contributed by atoms with van der Waals surface area (Å²) in [6, 6.07) is 29.7. The van der Waals surface area contributed by atoms with Gasteiger partial charge in [0.1, 0.15) is 18.3 Å². The van der Waals surface area contributed by atoms with Gasteiger partial charge in [-0.2, -0.15) is 0 Å². The van der Waals surface area contributed by atoms with Gasteiger partial charge in [0.25, 0.3) is 10.0 Å². The molecule has 4 aromatic rings. The van der Waals surface area contributed by atoms with Crippen molar-refractivity contribution >= 4 is 27.5 Å². The van der Waals surface area contributed by atoms with Crippen LogP contribution in [0, 0.1) is 13.8 Å². The number of aryl methyl sites for hydroxylation is 2. The third kappa shape index (κ3) is 8.63. The molecule has 0 unspecified atom stereocenters. The van der Waals surface area contributed by atoms with Crippen molar-refractivity contribution in [2.45, 2.75) is 75.9 Å². The average molecular weight is 668 g/mol. The number of hydrogen-bond donors (Lipinski definition) is 1. The van der Waals surface area contributed by atoms with E-state index in [1.807, 2.05) is 80.6 Å². The van der Waals surface area contributed by atoms with E-state index in [1.165, 1.54) is 21.3 Å². The van der Waals surface area contributed by atoms with Crippen LogP contribution in [0.25, 0.3) is 0 Å². The lowest BCUT2D eigenvalue weighted by Gasteiger charge is -2.35. The maximum absolute atomic E-state index is 14.8. The fourth-order valence-corrected chi connectivity index (χ4v) is 7.88. The van der Waals surface area contributed by atoms with Crippen molar-refractivity contribution in [1.82, 2.24) is 10.2 Å². The van der Waals surface area contributed by atoms with Crippen LogP contribution < -0.4 is 14.4 Å². The van der Waals surface area contributed by atoms with Crippen LogP contribution >= 0.6 is 0 Å². The summed E-state index contributed by atoms with van der Waals surface area (Å²) in [6.45, 7) is 3.36. The van der Waals surface area contributed by atoms with E-state index in [0.717, 1.165) is 54.4 Å². The summed E-state index contributed by atoms with van der Waals surface area (Å²) in [5.41, 5.74) is 3.76. The van der Waals surface area contributed by atoms with Crippen LogP contribution in [0.3, 0.4) is 0 Å². The van der Waals surface area contributed by atoms with E-state index in [2.05, 4.69) is 5.32 Å². The number of amides is 2. The third-order valence-corrected chi connectivity index (χ3v) is 10.7. The van der Waals surface area contributed by atoms with Gasteiger partial charge >= 0.3 is 0 Å². The number of carbonyl (C=O) groups is 2. The summed E-state index contributed by atoms with van der Waals surface area (Å²) in [7, 11) is -2.59. The zero-order chi connectivity index (χ0) is 34.1. The molecule has 9 heteroatoms. The van der Waals surface area contributed by atoms with E-state index in [-0.39, 0.29) is 29.8 Å². The van der Waals surface area contributed by atoms with Crippen LogP contribution in [0.2, 0.25) is 0 Å². The second kappa shape index (κ2) is 16.0. The molecule has 2 amide bonds. The topological polar surface area (TPSA) is 96.0 Å². The molecule has 1 aliphatic carbocycles. The van der Waals surface area contributed by atoms with Crippen molar-refractivity contribution in [2.75, 3.05) is 18.0 Å². The lowest BCUT2D eigenvalue weighted by Crippen LogP contribution is -2.55. The summed E-state index contributed by atoms with van der Waals surface area (Å²) in [4.78, 5) is 30.7. The molecule has 1 saturated carbocycles. The Morgan fingerprint density at radius 2 is 1.50 bits per heavy atom. The fraction of sp³-hybridized carbons (Fsp3) is 0.333. The van der Waals surface area contributed by atoms with Crippen LogP contribution in [0.15, 0.2) is 108 Å². The molecular formula is C39H45N3O5S. The quantitative estimate of drug-likeness (QED) is 0.174. The average Bonchev–Trinajstić information content (AvgIpc) is 3.10. The monoisotopic (exact) mass is 667 g/mol. The predicted molar refractivity (Wildman–Crippen MR) is 189 cm³/mol. The molecule has 48 heavy (non-hydrogen) atoms. The Kier molecular flexibility index (Phi) is 11.5. The van der Waals surface area contributed by atoms with Gasteiger partial charge in [-0.1, -0.05) is 97.6 Å². The van der Waals surface area contributed by atoms with Gasteiger partial charge in [0, 0.05) is 19.0 Å². The minimum atomic E-state index is -4.16. The first kappa shape index (κ1) is 34.7. The molecule has 0 spiro atoms. The Hall–Kier alpha value is -4.63. The van der Waals surface area contributed by atoms with Crippen LogP contribution in [0.1, 0.15) is 54.4 Å². The lowest BCUT2D eigenvalue weighted by molar-refractivity contribution is -0.140. The maximum Gasteiger partial charge on any atom is 0.264 e. The van der Waals surface area contributed by atoms with Crippen LogP contribution in [0.5, 0.6) is 5.75 Å². The van der Waals surface area contributed by atoms with E-state index in [1.54, 1.807) is 31.4 Å². The molecule has 1 atom stereocenters. The van der Waals surface area contributed by atoms with Crippen molar-refractivity contribution in [3.63, 3.8) is 0 Å². The zero-order valence-corrected chi connectivity index (χ0v) is 28.8. The van der Waals surface area contributed by atoms with E-state index in [4.69, 9.17) is 4.74 Å². The number of benzene rings is 4. The molecule has 0 aromatic heterocycles. The molecule has 4 aromatic carbocycles. The number of nitrogens with zero attached hydrogens (tertiary/aromatic N) is 2. The normalized spacial score (nSPS) is 14.1. The summed E-state index contributed by atoms with van der Waals surface area (Å²) < 4.78 is 35.2. The molecule has 0 radical (unpaired) electrons. The second-order valence-corrected chi connectivity index (χ2v) is 14.4. The Morgan fingerprint density at radius 1 is 0.833 bits per heavy atom. The van der Waals surface area contributed by atoms with Crippen molar-refractivity contribution in [2.24, 2.45) is 0 Å². The molecule has 8 nitrogen and oxygen atoms in total. The minimum Gasteiger partial charge on any atom is -0.497 e. The molecule has 1 fully saturated rings. The van der Waals surface area contributed by atoms with Gasteiger partial charge in [-0.25, -0.2) is 8.42 Å². The van der Waals surface area contributed by atoms with Gasteiger partial charge in [0.15, 0.2) is 0 Å². The largest absolute Gasteiger partial charge is 0.497 e. The number of nitrogens with one attached hydrogen (secondary N) is 1. The second-order valence-electron chi connectivity index (χ2n) is 12.5. The number of methoxy groups -OCH3 is 1. The van der Waals surface area contributed by atoms with Gasteiger partial charge < -0.3 is 15.0 Å². The highest BCUT2D eigenvalue weighted by molar-refractivity contribution is 7.92. The maximum atomic E-state index is 14.8. The Bertz CT molecular complexity index is 1790. The highest BCUT2D eigenvalue weighted by Crippen LogP contribution is 2.29. The first-order valence-corrected chi connectivity index (χ1v) is 18.0. The van der Waals surface area contributed by atoms with Gasteiger partial charge in [0.05, 0.1) is 17.7 Å². The van der Waals surface area contributed by atoms with Crippen molar-refractivity contribution in [1.29, 1.82) is 0 Å². The molecule has 0 aliphatic heterocycles. The highest BCUT2D eigenvalue weighted by atomic mass is 32.2. The molecule has 0 heterocycles. The number of hydrogen-bond acceptors (Lipinski definition) is 5. The summed E-state index contributed by atoms with van der Waals surface area (Å²) >= 11 is 0. The molecule has 0 saturated heterocycles. The molecule has 252 valence electrons. The highest BCUT2D eigenvalue weighted by Gasteiger charge is 2.36. The fourth-order valence-electron chi connectivity index (χ4n) is 6.38. The lowest BCUT2D eigenvalue weighted by atomic mass is 9.94. The van der Waals surface area contributed by atoms with E-state index < -0.39 is 28.5 Å². The van der Waals surface area contributed by atoms with Gasteiger partial charge in [0.2, 0.25) is 11.8 Å². The van der Waals surface area contributed by atoms with Gasteiger partial charge in [-0.15, -0.1) is 0 Å². The van der Waals surface area contributed by atoms with E-state index in [9.17, 15) is 18.0 Å². The number of carbonyl (C=O) groups excluding carboxylic acids is 2. The first-order chi connectivity index (χ1) is 23.2. The number of anilines is 1. The van der Waals surface area contributed by atoms with Gasteiger partial charge in [-0.3, -0.25) is 13.9 Å². The molecule has 5 rings (SSSR count). The number of sulfonamides is 1. The van der Waals surface area contributed by atoms with Crippen molar-refractivity contribution < 1.29 is 22.7 Å². The molecule has 0 bridgehead atoms. The SMILES string of the molecule is COc1cccc(CN(C(=O)CN(c2ccc(C)cc2C)S(=O)(=O)c2ccccc2)[C@H](Cc2ccccc2)C(=O)NC2CCCCC2)c1. The Labute approximate surface area is 284 Å². The predicted octanol–water partition coefficient (Wildman–Crippen LogP) is 6.60. The van der Waals surface area contributed by atoms with Gasteiger partial charge in [-0.05, 0) is 73.7 Å². The first-order valence-electron chi connectivity index (χ1n) is 16.6. The molecule has 1 N–H and O–H groups in total. The summed E-state index contributed by atoms with van der Waals surface area (Å²) in [5.74, 6) is -0.113. The van der Waals surface area contributed by atoms with Crippen LogP contribution in [-0.2, 0) is 32.6 Å². The number of ether oxygens (including phenoxy) is 1. The Morgan fingerprint density at radius 3 is 2.17 bits per heavy atom. The number of rotatable bonds is 13. The van der Waals surface area contributed by atoms with E-state index >= 15 is 0 Å². The summed E-state index contributed by atoms with van der Waals surface area (Å²) in [6.07, 6.45) is 5.29. The zero-order valence-electron chi connectivity index (χ0n) is 28.0. The van der Waals surface area contributed by atoms with E-state index in [0.29, 0.717) is 11.4 Å². The van der Waals surface area contributed by atoms with Crippen LogP contribution in [0.4, 0.5) is 5.69 Å². The molecular weight excluding hydrogens is 623 g/mol. The molecule has 1 aliphatic rings. The minimum absolute atomic E-state index is 0.0310. The standard InChI is InChI=1S/C39H45N3O5S/c1-29-22-23-36(30(2)24-29)42(48(45,46)35-20-11-6-12-21-35)28-38(43)41(27-32-16-13-19-34(25-32)47-3)37(26-31-14-7-4-8-15-31)39(44)40-33-17-9-5-10-18-33/h4,6-8,11-16,19-25,33,37H,5,9-10,17-18,26-28H2,1-3H3,(H,40,44)/t37-/m1/s1.